The van der Waals surface area contributed by atoms with E-state index in [1.165, 1.54) is 0 Å². The molecule has 3 aromatic heterocycles. The van der Waals surface area contributed by atoms with Gasteiger partial charge in [0, 0.05) is 31.4 Å². The molecule has 0 aromatic carbocycles. The Balaban J connectivity index is 1.91. The van der Waals surface area contributed by atoms with Gasteiger partial charge in [0.15, 0.2) is 5.82 Å². The van der Waals surface area contributed by atoms with E-state index in [2.05, 4.69) is 27.3 Å². The molecule has 21 heavy (non-hydrogen) atoms. The van der Waals surface area contributed by atoms with E-state index in [1.807, 2.05) is 28.6 Å². The van der Waals surface area contributed by atoms with Crippen LogP contribution in [0, 0.1) is 0 Å². The van der Waals surface area contributed by atoms with Crippen LogP contribution in [-0.4, -0.2) is 30.9 Å². The molecule has 3 rings (SSSR count). The Kier molecular flexibility index (Phi) is 3.57. The largest absolute Gasteiger partial charge is 0.334 e. The Labute approximate surface area is 122 Å². The van der Waals surface area contributed by atoms with Crippen molar-refractivity contribution in [3.8, 4) is 0 Å². The third kappa shape index (κ3) is 2.59. The zero-order valence-corrected chi connectivity index (χ0v) is 12.2. The second-order valence-electron chi connectivity index (χ2n) is 4.95. The van der Waals surface area contributed by atoms with Gasteiger partial charge < -0.3 is 15.6 Å². The molecule has 0 atom stereocenters. The van der Waals surface area contributed by atoms with Gasteiger partial charge in [0.1, 0.15) is 11.3 Å². The van der Waals surface area contributed by atoms with E-state index >= 15 is 0 Å². The first-order chi connectivity index (χ1) is 10.2. The van der Waals surface area contributed by atoms with Gasteiger partial charge in [-0.2, -0.15) is 5.10 Å². The monoisotopic (exact) mass is 285 g/mol. The number of hydrogen-bond donors (Lipinski definition) is 2. The molecule has 0 aliphatic rings. The zero-order chi connectivity index (χ0) is 14.8. The summed E-state index contributed by atoms with van der Waals surface area (Å²) < 4.78 is 3.83. The summed E-state index contributed by atoms with van der Waals surface area (Å²) in [4.78, 5) is 8.65. The maximum absolute atomic E-state index is 5.58. The number of nitrogens with two attached hydrogens (primary N) is 1. The minimum Gasteiger partial charge on any atom is -0.334 e. The molecular weight excluding hydrogens is 266 g/mol. The summed E-state index contributed by atoms with van der Waals surface area (Å²) in [6, 6.07) is 1.98. The number of anilines is 2. The van der Waals surface area contributed by atoms with Crippen molar-refractivity contribution in [2.45, 2.75) is 19.9 Å². The van der Waals surface area contributed by atoms with Crippen LogP contribution in [0.25, 0.3) is 11.0 Å². The van der Waals surface area contributed by atoms with Crippen LogP contribution in [0.5, 0.6) is 0 Å². The number of hydrogen-bond acceptors (Lipinski definition) is 5. The molecule has 0 bridgehead atoms. The maximum Gasteiger partial charge on any atom is 0.156 e. The third-order valence-corrected chi connectivity index (χ3v) is 3.43. The predicted molar refractivity (Wildman–Crippen MR) is 82.5 cm³/mol. The fourth-order valence-electron chi connectivity index (χ4n) is 2.29. The first-order valence-electron chi connectivity index (χ1n) is 7.01. The van der Waals surface area contributed by atoms with Crippen molar-refractivity contribution in [3.63, 3.8) is 0 Å². The van der Waals surface area contributed by atoms with Crippen LogP contribution in [0.1, 0.15) is 12.5 Å². The third-order valence-electron chi connectivity index (χ3n) is 3.43. The number of rotatable bonds is 5. The molecule has 0 fully saturated rings. The van der Waals surface area contributed by atoms with Crippen LogP contribution in [0.4, 0.5) is 11.6 Å². The van der Waals surface area contributed by atoms with E-state index in [-0.39, 0.29) is 0 Å². The number of aromatic nitrogens is 5. The van der Waals surface area contributed by atoms with Crippen molar-refractivity contribution < 1.29 is 0 Å². The number of aryl methyl sites for hydroxylation is 2. The Morgan fingerprint density at radius 1 is 1.33 bits per heavy atom. The molecule has 0 radical (unpaired) electrons. The van der Waals surface area contributed by atoms with Crippen LogP contribution in [0.3, 0.4) is 0 Å². The predicted octanol–water partition coefficient (Wildman–Crippen LogP) is 1.43. The van der Waals surface area contributed by atoms with Gasteiger partial charge in [0.05, 0.1) is 24.6 Å². The smallest absolute Gasteiger partial charge is 0.156 e. The van der Waals surface area contributed by atoms with Crippen molar-refractivity contribution in [2.24, 2.45) is 12.8 Å². The molecule has 0 saturated heterocycles. The second kappa shape index (κ2) is 5.53. The lowest BCUT2D eigenvalue weighted by Crippen LogP contribution is -2.10. The highest BCUT2D eigenvalue weighted by Gasteiger charge is 2.09. The molecule has 110 valence electrons. The number of nitrogens with zero attached hydrogens (tertiary/aromatic N) is 5. The average Bonchev–Trinajstić information content (AvgIpc) is 3.04. The SMILES string of the molecule is CCc1cn(CCN)nc1Nc1cc2c(cn1)ncn2C. The highest BCUT2D eigenvalue weighted by Crippen LogP contribution is 2.21. The van der Waals surface area contributed by atoms with E-state index in [0.29, 0.717) is 13.1 Å². The Morgan fingerprint density at radius 2 is 2.19 bits per heavy atom. The second-order valence-corrected chi connectivity index (χ2v) is 4.95. The molecule has 3 heterocycles. The minimum atomic E-state index is 0.573. The fourth-order valence-corrected chi connectivity index (χ4v) is 2.29. The maximum atomic E-state index is 5.58. The van der Waals surface area contributed by atoms with Gasteiger partial charge in [-0.05, 0) is 6.42 Å². The topological polar surface area (TPSA) is 86.6 Å². The lowest BCUT2D eigenvalue weighted by molar-refractivity contribution is 0.626. The summed E-state index contributed by atoms with van der Waals surface area (Å²) in [6.45, 7) is 3.39. The summed E-state index contributed by atoms with van der Waals surface area (Å²) in [6.07, 6.45) is 6.47. The van der Waals surface area contributed by atoms with E-state index < -0.39 is 0 Å². The van der Waals surface area contributed by atoms with E-state index in [1.54, 1.807) is 12.5 Å². The van der Waals surface area contributed by atoms with Gasteiger partial charge in [-0.3, -0.25) is 4.68 Å². The van der Waals surface area contributed by atoms with Gasteiger partial charge in [0.2, 0.25) is 0 Å². The van der Waals surface area contributed by atoms with Gasteiger partial charge in [0.25, 0.3) is 0 Å². The Hall–Kier alpha value is -2.41. The number of fused-ring (bicyclic) bond motifs is 1. The zero-order valence-electron chi connectivity index (χ0n) is 12.2. The number of imidazole rings is 1. The van der Waals surface area contributed by atoms with Crippen LogP contribution in [0.2, 0.25) is 0 Å². The van der Waals surface area contributed by atoms with Crippen LogP contribution < -0.4 is 11.1 Å². The molecule has 0 saturated carbocycles. The quantitative estimate of drug-likeness (QED) is 0.740. The van der Waals surface area contributed by atoms with Crippen molar-refractivity contribution >= 4 is 22.7 Å². The molecule has 0 unspecified atom stereocenters. The normalized spacial score (nSPS) is 11.2. The molecule has 3 N–H and O–H groups in total. The molecule has 7 nitrogen and oxygen atoms in total. The van der Waals surface area contributed by atoms with E-state index in [4.69, 9.17) is 5.73 Å². The average molecular weight is 285 g/mol. The summed E-state index contributed by atoms with van der Waals surface area (Å²) in [5.41, 5.74) is 8.64. The molecule has 7 heteroatoms. The molecule has 0 aliphatic carbocycles. The number of nitrogens with one attached hydrogen (secondary N) is 1. The van der Waals surface area contributed by atoms with Crippen LogP contribution >= 0.6 is 0 Å². The van der Waals surface area contributed by atoms with Crippen molar-refractivity contribution in [1.82, 2.24) is 24.3 Å². The van der Waals surface area contributed by atoms with E-state index in [9.17, 15) is 0 Å². The van der Waals surface area contributed by atoms with Crippen molar-refractivity contribution in [1.29, 1.82) is 0 Å². The highest BCUT2D eigenvalue weighted by molar-refractivity contribution is 5.78. The van der Waals surface area contributed by atoms with Gasteiger partial charge >= 0.3 is 0 Å². The minimum absolute atomic E-state index is 0.573. The Morgan fingerprint density at radius 3 is 2.95 bits per heavy atom. The van der Waals surface area contributed by atoms with E-state index in [0.717, 1.165) is 34.7 Å². The summed E-state index contributed by atoms with van der Waals surface area (Å²) in [5.74, 6) is 1.60. The lowest BCUT2D eigenvalue weighted by atomic mass is 10.2. The van der Waals surface area contributed by atoms with Crippen LogP contribution in [0.15, 0.2) is 24.8 Å². The summed E-state index contributed by atoms with van der Waals surface area (Å²) >= 11 is 0. The highest BCUT2D eigenvalue weighted by atomic mass is 15.3. The standard InChI is InChI=1S/C14H19N7/c1-3-10-8-21(5-4-15)19-14(10)18-13-6-12-11(7-16-13)17-9-20(12)2/h6-9H,3-5,15H2,1-2H3,(H,16,18,19). The molecule has 3 aromatic rings. The van der Waals surface area contributed by atoms with Crippen molar-refractivity contribution in [2.75, 3.05) is 11.9 Å². The van der Waals surface area contributed by atoms with Gasteiger partial charge in [-0.15, -0.1) is 0 Å². The first-order valence-corrected chi connectivity index (χ1v) is 7.01. The lowest BCUT2D eigenvalue weighted by Gasteiger charge is -2.04. The first kappa shape index (κ1) is 13.6. The molecule has 0 spiro atoms. The molecule has 0 amide bonds. The Bertz CT molecular complexity index is 756. The van der Waals surface area contributed by atoms with Gasteiger partial charge in [-0.25, -0.2) is 9.97 Å². The molecular formula is C14H19N7. The number of pyridine rings is 1. The summed E-state index contributed by atoms with van der Waals surface area (Å²) in [5, 5.41) is 7.81. The fraction of sp³-hybridized carbons (Fsp3) is 0.357. The van der Waals surface area contributed by atoms with Gasteiger partial charge in [-0.1, -0.05) is 6.92 Å². The van der Waals surface area contributed by atoms with Crippen molar-refractivity contribution in [3.05, 3.63) is 30.4 Å². The van der Waals surface area contributed by atoms with Crippen LogP contribution in [-0.2, 0) is 20.0 Å². The molecule has 0 aliphatic heterocycles. The summed E-state index contributed by atoms with van der Waals surface area (Å²) in [7, 11) is 1.96.